The Labute approximate surface area is 328 Å². The molecule has 10 unspecified atom stereocenters. The maximum absolute atomic E-state index is 12.3. The number of aliphatic hydroxyl groups excluding tert-OH is 1. The fourth-order valence-corrected chi connectivity index (χ4v) is 12.6. The molecule has 58 heavy (non-hydrogen) atoms. The molecule has 10 atom stereocenters. The van der Waals surface area contributed by atoms with Gasteiger partial charge in [-0.25, -0.2) is 42.3 Å². The van der Waals surface area contributed by atoms with Crippen molar-refractivity contribution in [3.8, 4) is 0 Å². The summed E-state index contributed by atoms with van der Waals surface area (Å²) < 4.78 is 108. The Bertz CT molecular complexity index is 1990. The SMILES string of the molecule is NCCCCC(N)C(=O)NCCCCCCOP(=O)(O)OP(=O)(O)OP(=O)(O)OP(=O)(O)OP(=O)(O)OP(=O)(O)OCC1OC(n2cnc3c(N)ncnc32)CC1O. The van der Waals surface area contributed by atoms with Gasteiger partial charge in [0.15, 0.2) is 11.5 Å². The van der Waals surface area contributed by atoms with Crippen molar-refractivity contribution in [2.24, 2.45) is 11.5 Å². The number of nitrogens with zero attached hydrogens (tertiary/aromatic N) is 4. The van der Waals surface area contributed by atoms with Gasteiger partial charge in [-0.1, -0.05) is 19.3 Å². The van der Waals surface area contributed by atoms with E-state index >= 15 is 0 Å². The molecular weight excluding hydrogens is 914 g/mol. The highest BCUT2D eigenvalue weighted by atomic mass is 31.3. The van der Waals surface area contributed by atoms with Gasteiger partial charge in [0, 0.05) is 13.0 Å². The van der Waals surface area contributed by atoms with Gasteiger partial charge >= 0.3 is 46.9 Å². The Kier molecular flexibility index (Phi) is 18.9. The van der Waals surface area contributed by atoms with E-state index in [1.165, 1.54) is 10.9 Å². The number of nitrogen functional groups attached to an aromatic ring is 1. The average Bonchev–Trinajstić information content (AvgIpc) is 3.65. The van der Waals surface area contributed by atoms with E-state index in [1.54, 1.807) is 0 Å². The lowest BCUT2D eigenvalue weighted by atomic mass is 10.1. The van der Waals surface area contributed by atoms with Crippen LogP contribution in [0.2, 0.25) is 0 Å². The Morgan fingerprint density at radius 2 is 1.36 bits per heavy atom. The summed E-state index contributed by atoms with van der Waals surface area (Å²) in [6, 6.07) is -0.683. The minimum absolute atomic E-state index is 0.0393. The number of anilines is 1. The summed E-state index contributed by atoms with van der Waals surface area (Å²) in [6.45, 7) is -0.806. The van der Waals surface area contributed by atoms with Gasteiger partial charge in [0.25, 0.3) is 0 Å². The number of hydrogen-bond donors (Lipinski definition) is 11. The van der Waals surface area contributed by atoms with E-state index in [2.05, 4.69) is 50.9 Å². The maximum atomic E-state index is 12.3. The number of hydrogen-bond acceptors (Lipinski definition) is 22. The van der Waals surface area contributed by atoms with Gasteiger partial charge in [0.05, 0.1) is 31.7 Å². The van der Waals surface area contributed by atoms with Crippen molar-refractivity contribution < 1.29 is 102 Å². The van der Waals surface area contributed by atoms with Crippen LogP contribution in [-0.4, -0.2) is 104 Å². The minimum Gasteiger partial charge on any atom is -0.390 e. The molecular formula is C22H44N8O22P6. The maximum Gasteiger partial charge on any atom is 0.490 e. The van der Waals surface area contributed by atoms with Crippen molar-refractivity contribution in [1.82, 2.24) is 24.8 Å². The van der Waals surface area contributed by atoms with Gasteiger partial charge < -0.3 is 61.7 Å². The topological polar surface area (TPSA) is 469 Å². The molecule has 0 saturated carbocycles. The predicted octanol–water partition coefficient (Wildman–Crippen LogP) is 0.908. The van der Waals surface area contributed by atoms with Crippen LogP contribution in [0, 0.1) is 0 Å². The fraction of sp³-hybridized carbons (Fsp3) is 0.727. The highest BCUT2D eigenvalue weighted by molar-refractivity contribution is 7.72. The third-order valence-electron chi connectivity index (χ3n) is 7.27. The number of fused-ring (bicyclic) bond motifs is 1. The molecule has 1 amide bonds. The third-order valence-corrected chi connectivity index (χ3v) is 16.5. The lowest BCUT2D eigenvalue weighted by Gasteiger charge is -2.21. The molecule has 36 heteroatoms. The monoisotopic (exact) mass is 958 g/mol. The zero-order valence-electron chi connectivity index (χ0n) is 29.9. The molecule has 14 N–H and O–H groups in total. The van der Waals surface area contributed by atoms with Crippen LogP contribution < -0.4 is 22.5 Å². The zero-order valence-corrected chi connectivity index (χ0v) is 35.3. The summed E-state index contributed by atoms with van der Waals surface area (Å²) in [5, 5.41) is 13.0. The number of unbranched alkanes of at least 4 members (excludes halogenated alkanes) is 4. The van der Waals surface area contributed by atoms with Crippen molar-refractivity contribution in [1.29, 1.82) is 0 Å². The highest BCUT2D eigenvalue weighted by Gasteiger charge is 2.50. The molecule has 334 valence electrons. The number of nitrogens with one attached hydrogen (secondary N) is 1. The van der Waals surface area contributed by atoms with Crippen LogP contribution in [0.1, 0.15) is 57.6 Å². The van der Waals surface area contributed by atoms with Gasteiger partial charge in [0.1, 0.15) is 24.2 Å². The van der Waals surface area contributed by atoms with Crippen molar-refractivity contribution in [3.63, 3.8) is 0 Å². The first-order valence-corrected chi connectivity index (χ1v) is 25.5. The van der Waals surface area contributed by atoms with E-state index in [0.29, 0.717) is 38.6 Å². The zero-order chi connectivity index (χ0) is 43.6. The molecule has 0 aliphatic carbocycles. The predicted molar refractivity (Wildman–Crippen MR) is 193 cm³/mol. The van der Waals surface area contributed by atoms with Crippen LogP contribution in [0.15, 0.2) is 12.7 Å². The second-order valence-electron chi connectivity index (χ2n) is 12.0. The lowest BCUT2D eigenvalue weighted by Crippen LogP contribution is -2.40. The van der Waals surface area contributed by atoms with Crippen molar-refractivity contribution >= 4 is 69.8 Å². The van der Waals surface area contributed by atoms with Gasteiger partial charge in [-0.3, -0.25) is 18.4 Å². The Morgan fingerprint density at radius 1 is 0.810 bits per heavy atom. The van der Waals surface area contributed by atoms with E-state index in [0.717, 1.165) is 12.7 Å². The number of aromatic nitrogens is 4. The quantitative estimate of drug-likeness (QED) is 0.0438. The van der Waals surface area contributed by atoms with Gasteiger partial charge in [-0.05, 0) is 32.2 Å². The van der Waals surface area contributed by atoms with Gasteiger partial charge in [0.2, 0.25) is 5.91 Å². The molecule has 3 rings (SSSR count). The smallest absolute Gasteiger partial charge is 0.390 e. The number of ether oxygens (including phenoxy) is 1. The Morgan fingerprint density at radius 3 is 1.95 bits per heavy atom. The molecule has 1 saturated heterocycles. The second kappa shape index (κ2) is 21.5. The molecule has 1 aliphatic rings. The number of aliphatic hydroxyl groups is 1. The number of imidazole rings is 1. The number of carbonyl (C=O) groups is 1. The number of phosphoric ester groups is 2. The molecule has 1 aliphatic heterocycles. The van der Waals surface area contributed by atoms with E-state index in [4.69, 9.17) is 21.9 Å². The van der Waals surface area contributed by atoms with Crippen LogP contribution in [0.3, 0.4) is 0 Å². The average molecular weight is 958 g/mol. The summed E-state index contributed by atoms with van der Waals surface area (Å²) >= 11 is 0. The van der Waals surface area contributed by atoms with Crippen LogP contribution in [0.4, 0.5) is 5.82 Å². The Hall–Kier alpha value is -1.48. The summed E-state index contributed by atoms with van der Waals surface area (Å²) in [5.74, 6) is -0.297. The molecule has 2 aromatic rings. The van der Waals surface area contributed by atoms with E-state index < -0.39 is 84.6 Å². The van der Waals surface area contributed by atoms with Crippen molar-refractivity contribution in [2.75, 3.05) is 32.0 Å². The Balaban J connectivity index is 1.41. The summed E-state index contributed by atoms with van der Waals surface area (Å²) in [6.07, 6.45) is 1.82. The molecule has 0 bridgehead atoms. The molecule has 0 aromatic carbocycles. The minimum atomic E-state index is -6.46. The first kappa shape index (κ1) is 50.9. The summed E-state index contributed by atoms with van der Waals surface area (Å²) in [7, 11) is -36.7. The number of nitrogens with two attached hydrogens (primary N) is 3. The van der Waals surface area contributed by atoms with Gasteiger partial charge in [-0.15, -0.1) is 0 Å². The lowest BCUT2D eigenvalue weighted by molar-refractivity contribution is -0.122. The summed E-state index contributed by atoms with van der Waals surface area (Å²) in [5.41, 5.74) is 17.3. The second-order valence-corrected chi connectivity index (χ2v) is 21.4. The number of rotatable bonds is 27. The summed E-state index contributed by atoms with van der Waals surface area (Å²) in [4.78, 5) is 82.2. The standard InChI is InChI=1S/C22H44N8O22P6/c23-8-4-3-7-15(24)22(32)26-9-5-1-2-6-10-45-53(33,34)48-55(37,38)50-57(41,42)52-58(43,44)51-56(39,40)49-54(35,36)46-12-17-16(31)11-18(47-17)30-14-29-19-20(25)27-13-28-21(19)30/h13-18,31H,1-12,23-24H2,(H,26,32)(H,33,34)(H,35,36)(H,37,38)(H,39,40)(H,41,42)(H,43,44)(H2,25,27,28). The third kappa shape index (κ3) is 17.5. The number of carbonyl (C=O) groups excluding carboxylic acids is 1. The first-order valence-electron chi connectivity index (χ1n) is 16.6. The van der Waals surface area contributed by atoms with Crippen molar-refractivity contribution in [3.05, 3.63) is 12.7 Å². The van der Waals surface area contributed by atoms with E-state index in [1.807, 2.05) is 0 Å². The highest BCUT2D eigenvalue weighted by Crippen LogP contribution is 2.75. The number of amides is 1. The normalized spacial score (nSPS) is 24.1. The largest absolute Gasteiger partial charge is 0.490 e. The van der Waals surface area contributed by atoms with E-state index in [9.17, 15) is 66.7 Å². The van der Waals surface area contributed by atoms with Gasteiger partial charge in [-0.2, -0.15) is 21.6 Å². The first-order chi connectivity index (χ1) is 26.7. The van der Waals surface area contributed by atoms with Crippen LogP contribution in [0.5, 0.6) is 0 Å². The number of phosphoric acid groups is 6. The van der Waals surface area contributed by atoms with Crippen LogP contribution in [-0.2, 0) is 67.5 Å². The van der Waals surface area contributed by atoms with E-state index in [-0.39, 0.29) is 42.3 Å². The fourth-order valence-electron chi connectivity index (χ4n) is 4.79. The van der Waals surface area contributed by atoms with Crippen molar-refractivity contribution in [2.45, 2.75) is 75.8 Å². The molecule has 1 fully saturated rings. The molecule has 0 radical (unpaired) electrons. The molecule has 2 aromatic heterocycles. The molecule has 0 spiro atoms. The van der Waals surface area contributed by atoms with Crippen LogP contribution in [0.25, 0.3) is 11.2 Å². The molecule has 3 heterocycles. The van der Waals surface area contributed by atoms with Crippen LogP contribution >= 0.6 is 46.9 Å². The molecule has 30 nitrogen and oxygen atoms in total.